The van der Waals surface area contributed by atoms with E-state index >= 15 is 0 Å². The maximum atomic E-state index is 6.74. The molecule has 7 rings (SSSR count). The molecule has 1 nitrogen and oxygen atoms in total. The van der Waals surface area contributed by atoms with Crippen molar-refractivity contribution in [3.8, 4) is 11.1 Å². The fourth-order valence-corrected chi connectivity index (χ4v) is 6.27. The number of hydrogen-bond acceptors (Lipinski definition) is 1. The number of rotatable bonds is 2. The van der Waals surface area contributed by atoms with E-state index in [9.17, 15) is 0 Å². The van der Waals surface area contributed by atoms with Crippen molar-refractivity contribution in [2.45, 2.75) is 31.5 Å². The molecule has 1 aliphatic carbocycles. The van der Waals surface area contributed by atoms with Gasteiger partial charge in [0.2, 0.25) is 0 Å². The van der Waals surface area contributed by atoms with Gasteiger partial charge in [-0.1, -0.05) is 98.2 Å². The third-order valence-electron chi connectivity index (χ3n) is 7.66. The summed E-state index contributed by atoms with van der Waals surface area (Å²) in [7, 11) is 0. The topological polar surface area (TPSA) is 9.23 Å². The van der Waals surface area contributed by atoms with Crippen LogP contribution in [-0.4, -0.2) is 0 Å². The van der Waals surface area contributed by atoms with Crippen molar-refractivity contribution in [2.75, 3.05) is 0 Å². The van der Waals surface area contributed by atoms with Crippen LogP contribution in [0.4, 0.5) is 0 Å². The normalized spacial score (nSPS) is 21.2. The van der Waals surface area contributed by atoms with Crippen LogP contribution in [0.2, 0.25) is 5.02 Å². The van der Waals surface area contributed by atoms with Crippen LogP contribution < -0.4 is 0 Å². The Hall–Kier alpha value is -3.13. The molecule has 2 bridgehead atoms. The number of benzene rings is 4. The lowest BCUT2D eigenvalue weighted by atomic mass is 9.76. The minimum atomic E-state index is -0.0919. The van der Waals surface area contributed by atoms with E-state index in [2.05, 4.69) is 98.8 Å². The van der Waals surface area contributed by atoms with Gasteiger partial charge in [-0.3, -0.25) is 0 Å². The van der Waals surface area contributed by atoms with E-state index in [0.29, 0.717) is 0 Å². The predicted molar refractivity (Wildman–Crippen MR) is 135 cm³/mol. The molecule has 0 spiro atoms. The van der Waals surface area contributed by atoms with Crippen LogP contribution in [0.3, 0.4) is 0 Å². The maximum absolute atomic E-state index is 6.74. The van der Waals surface area contributed by atoms with Crippen molar-refractivity contribution in [3.63, 3.8) is 0 Å². The van der Waals surface area contributed by atoms with Crippen molar-refractivity contribution < 1.29 is 4.74 Å². The highest BCUT2D eigenvalue weighted by Crippen LogP contribution is 2.62. The zero-order chi connectivity index (χ0) is 22.3. The molecule has 0 N–H and O–H groups in total. The third-order valence-corrected chi connectivity index (χ3v) is 7.90. The van der Waals surface area contributed by atoms with Crippen molar-refractivity contribution in [3.05, 3.63) is 129 Å². The Morgan fingerprint density at radius 3 is 1.79 bits per heavy atom. The molecule has 0 saturated heterocycles. The molecule has 0 amide bonds. The SMILES string of the molecule is CC1(C)c2cc(Cl)ccc2-c2cc3c(cc21)C1OC3C(c2ccccc2)=C1c1ccccc1. The largest absolute Gasteiger partial charge is 0.356 e. The molecule has 2 atom stereocenters. The smallest absolute Gasteiger partial charge is 0.110 e. The Balaban J connectivity index is 1.47. The van der Waals surface area contributed by atoms with Crippen LogP contribution in [0.1, 0.15) is 59.4 Å². The molecule has 33 heavy (non-hydrogen) atoms. The molecular formula is C31H23ClO. The number of fused-ring (bicyclic) bond motifs is 8. The molecule has 2 heteroatoms. The Morgan fingerprint density at radius 1 is 0.636 bits per heavy atom. The summed E-state index contributed by atoms with van der Waals surface area (Å²) in [6, 6.07) is 32.5. The average molecular weight is 447 g/mol. The Labute approximate surface area is 199 Å². The van der Waals surface area contributed by atoms with E-state index < -0.39 is 0 Å². The summed E-state index contributed by atoms with van der Waals surface area (Å²) in [4.78, 5) is 0. The van der Waals surface area contributed by atoms with E-state index in [1.807, 2.05) is 6.07 Å². The van der Waals surface area contributed by atoms with Crippen LogP contribution >= 0.6 is 11.6 Å². The first-order chi connectivity index (χ1) is 16.0. The van der Waals surface area contributed by atoms with E-state index in [4.69, 9.17) is 16.3 Å². The monoisotopic (exact) mass is 446 g/mol. The van der Waals surface area contributed by atoms with Gasteiger partial charge in [0.05, 0.1) is 0 Å². The number of hydrogen-bond donors (Lipinski definition) is 0. The molecule has 2 unspecified atom stereocenters. The summed E-state index contributed by atoms with van der Waals surface area (Å²) in [6.45, 7) is 4.61. The minimum absolute atomic E-state index is 0.0454. The number of halogens is 1. The first-order valence-electron chi connectivity index (χ1n) is 11.5. The van der Waals surface area contributed by atoms with Gasteiger partial charge in [0, 0.05) is 10.4 Å². The van der Waals surface area contributed by atoms with Crippen molar-refractivity contribution in [2.24, 2.45) is 0 Å². The van der Waals surface area contributed by atoms with Crippen molar-refractivity contribution in [1.82, 2.24) is 0 Å². The first-order valence-corrected chi connectivity index (χ1v) is 11.9. The van der Waals surface area contributed by atoms with E-state index in [1.165, 1.54) is 55.7 Å². The summed E-state index contributed by atoms with van der Waals surface area (Å²) in [5.41, 5.74) is 12.9. The third kappa shape index (κ3) is 2.58. The zero-order valence-corrected chi connectivity index (χ0v) is 19.4. The highest BCUT2D eigenvalue weighted by molar-refractivity contribution is 6.30. The van der Waals surface area contributed by atoms with E-state index in [-0.39, 0.29) is 17.6 Å². The summed E-state index contributed by atoms with van der Waals surface area (Å²) >= 11 is 6.40. The van der Waals surface area contributed by atoms with Gasteiger partial charge in [-0.2, -0.15) is 0 Å². The average Bonchev–Trinajstić information content (AvgIpc) is 3.47. The Morgan fingerprint density at radius 2 is 1.18 bits per heavy atom. The van der Waals surface area contributed by atoms with Crippen LogP contribution in [0, 0.1) is 0 Å². The molecule has 3 aliphatic rings. The first kappa shape index (κ1) is 19.3. The fraction of sp³-hybridized carbons (Fsp3) is 0.161. The molecule has 4 aromatic carbocycles. The van der Waals surface area contributed by atoms with Crippen LogP contribution in [0.25, 0.3) is 22.3 Å². The summed E-state index contributed by atoms with van der Waals surface area (Å²) in [5.74, 6) is 0. The second-order valence-corrected chi connectivity index (χ2v) is 10.2. The Kier molecular flexibility index (Phi) is 3.93. The second-order valence-electron chi connectivity index (χ2n) is 9.80. The molecule has 4 aromatic rings. The molecule has 0 fully saturated rings. The quantitative estimate of drug-likeness (QED) is 0.300. The van der Waals surface area contributed by atoms with Gasteiger partial charge >= 0.3 is 0 Å². The summed E-state index contributed by atoms with van der Waals surface area (Å²) < 4.78 is 6.74. The van der Waals surface area contributed by atoms with Gasteiger partial charge < -0.3 is 4.74 Å². The summed E-state index contributed by atoms with van der Waals surface area (Å²) in [6.07, 6.45) is -0.0941. The van der Waals surface area contributed by atoms with E-state index in [1.54, 1.807) is 0 Å². The molecule has 2 heterocycles. The van der Waals surface area contributed by atoms with Crippen LogP contribution in [0.15, 0.2) is 91.0 Å². The molecule has 0 saturated carbocycles. The molecule has 2 aliphatic heterocycles. The second kappa shape index (κ2) is 6.70. The summed E-state index contributed by atoms with van der Waals surface area (Å²) in [5, 5.41) is 0.796. The molecular weight excluding hydrogens is 424 g/mol. The predicted octanol–water partition coefficient (Wildman–Crippen LogP) is 8.38. The van der Waals surface area contributed by atoms with Gasteiger partial charge in [0.15, 0.2) is 0 Å². The molecule has 0 radical (unpaired) electrons. The zero-order valence-electron chi connectivity index (χ0n) is 18.6. The van der Waals surface area contributed by atoms with E-state index in [0.717, 1.165) is 5.02 Å². The van der Waals surface area contributed by atoms with Gasteiger partial charge in [0.25, 0.3) is 0 Å². The molecule has 0 aromatic heterocycles. The van der Waals surface area contributed by atoms with Gasteiger partial charge in [0.1, 0.15) is 12.2 Å². The van der Waals surface area contributed by atoms with Gasteiger partial charge in [-0.05, 0) is 73.9 Å². The highest BCUT2D eigenvalue weighted by atomic mass is 35.5. The fourth-order valence-electron chi connectivity index (χ4n) is 6.10. The van der Waals surface area contributed by atoms with Crippen LogP contribution in [-0.2, 0) is 10.2 Å². The van der Waals surface area contributed by atoms with Gasteiger partial charge in [-0.15, -0.1) is 0 Å². The molecule has 160 valence electrons. The van der Waals surface area contributed by atoms with Crippen molar-refractivity contribution in [1.29, 1.82) is 0 Å². The maximum Gasteiger partial charge on any atom is 0.110 e. The van der Waals surface area contributed by atoms with Crippen LogP contribution in [0.5, 0.6) is 0 Å². The van der Waals surface area contributed by atoms with Crippen molar-refractivity contribution >= 4 is 22.7 Å². The lowest BCUT2D eigenvalue weighted by Crippen LogP contribution is -2.16. The lowest BCUT2D eigenvalue weighted by Gasteiger charge is -2.25. The minimum Gasteiger partial charge on any atom is -0.356 e. The number of ether oxygens (including phenoxy) is 1. The Bertz CT molecular complexity index is 1460. The van der Waals surface area contributed by atoms with Gasteiger partial charge in [-0.25, -0.2) is 0 Å². The standard InChI is InChI=1S/C31H23ClO/c1-31(2)25-15-20(32)13-14-21(25)22-16-23-24(17-26(22)31)30-28(19-11-7-4-8-12-19)27(29(23)33-30)18-9-5-3-6-10-18/h3-17,29-30H,1-2H3. The lowest BCUT2D eigenvalue weighted by molar-refractivity contribution is 0.0955. The highest BCUT2D eigenvalue weighted by Gasteiger charge is 2.47.